The van der Waals surface area contributed by atoms with E-state index in [1.165, 1.54) is 6.42 Å². The molecule has 2 heteroatoms. The molecule has 0 saturated heterocycles. The summed E-state index contributed by atoms with van der Waals surface area (Å²) >= 11 is 0. The Morgan fingerprint density at radius 1 is 0.793 bits per heavy atom. The number of Topliss-reactive ketones (excluding diaryl/α,β-unsaturated/α-hetero) is 1. The first kappa shape index (κ1) is 18.3. The smallest absolute Gasteiger partial charge is 0.143 e. The molecule has 0 radical (unpaired) electrons. The first-order valence-electron chi connectivity index (χ1n) is 10.6. The molecule has 0 aromatic heterocycles. The fourth-order valence-electron chi connectivity index (χ4n) is 5.25. The van der Waals surface area contributed by atoms with Crippen molar-refractivity contribution >= 4 is 5.78 Å². The number of hydrogen-bond donors (Lipinski definition) is 0. The SMILES string of the molecule is O=C1C[C@@H]2C[C@]2(CCOC(c2ccccc2)(c2ccccc2)c2ccccc2)C1. The Balaban J connectivity index is 1.54. The van der Waals surface area contributed by atoms with Gasteiger partial charge in [0.25, 0.3) is 0 Å². The normalized spacial score (nSPS) is 23.0. The highest BCUT2D eigenvalue weighted by Crippen LogP contribution is 2.64. The second kappa shape index (κ2) is 7.27. The van der Waals surface area contributed by atoms with Crippen molar-refractivity contribution < 1.29 is 9.53 Å². The van der Waals surface area contributed by atoms with Gasteiger partial charge in [0.1, 0.15) is 11.4 Å². The number of carbonyl (C=O) groups excluding carboxylic acids is 1. The Kier molecular flexibility index (Phi) is 4.60. The van der Waals surface area contributed by atoms with Crippen molar-refractivity contribution in [1.29, 1.82) is 0 Å². The van der Waals surface area contributed by atoms with Gasteiger partial charge in [0, 0.05) is 19.4 Å². The minimum absolute atomic E-state index is 0.215. The van der Waals surface area contributed by atoms with Gasteiger partial charge in [-0.3, -0.25) is 4.79 Å². The van der Waals surface area contributed by atoms with Gasteiger partial charge in [0.2, 0.25) is 0 Å². The molecule has 29 heavy (non-hydrogen) atoms. The van der Waals surface area contributed by atoms with Crippen molar-refractivity contribution in [2.75, 3.05) is 6.61 Å². The molecular weight excluding hydrogens is 356 g/mol. The van der Waals surface area contributed by atoms with E-state index >= 15 is 0 Å². The van der Waals surface area contributed by atoms with Gasteiger partial charge in [-0.15, -0.1) is 0 Å². The Morgan fingerprint density at radius 2 is 1.28 bits per heavy atom. The zero-order chi connectivity index (χ0) is 19.7. The quantitative estimate of drug-likeness (QED) is 0.486. The monoisotopic (exact) mass is 382 g/mol. The summed E-state index contributed by atoms with van der Waals surface area (Å²) in [5.41, 5.74) is 2.94. The molecular formula is C27H26O2. The molecule has 2 aliphatic rings. The molecule has 0 unspecified atom stereocenters. The molecule has 5 rings (SSSR count). The minimum Gasteiger partial charge on any atom is -0.361 e. The van der Waals surface area contributed by atoms with Crippen LogP contribution in [0.5, 0.6) is 0 Å². The molecule has 0 spiro atoms. The molecule has 3 aromatic carbocycles. The molecule has 0 N–H and O–H groups in total. The summed E-state index contributed by atoms with van der Waals surface area (Å²) in [6, 6.07) is 31.5. The van der Waals surface area contributed by atoms with Gasteiger partial charge in [-0.2, -0.15) is 0 Å². The predicted molar refractivity (Wildman–Crippen MR) is 115 cm³/mol. The highest BCUT2D eigenvalue weighted by Gasteiger charge is 2.59. The van der Waals surface area contributed by atoms with Crippen molar-refractivity contribution in [2.45, 2.75) is 31.3 Å². The lowest BCUT2D eigenvalue weighted by atomic mass is 9.80. The number of fused-ring (bicyclic) bond motifs is 1. The average Bonchev–Trinajstić information content (AvgIpc) is 3.33. The second-order valence-corrected chi connectivity index (χ2v) is 8.56. The topological polar surface area (TPSA) is 26.3 Å². The van der Waals surface area contributed by atoms with Gasteiger partial charge in [-0.05, 0) is 40.9 Å². The molecule has 2 atom stereocenters. The highest BCUT2D eigenvalue weighted by molar-refractivity contribution is 5.83. The van der Waals surface area contributed by atoms with E-state index in [-0.39, 0.29) is 5.41 Å². The standard InChI is InChI=1S/C27H26O2/c28-25-18-24-19-26(24,20-25)16-17-29-27(21-10-4-1-5-11-21,22-12-6-2-7-13-22)23-14-8-3-9-15-23/h1-15,24H,16-20H2/t24-,26-/m1/s1. The Labute approximate surface area is 172 Å². The van der Waals surface area contributed by atoms with E-state index in [0.717, 1.165) is 36.0 Å². The maximum absolute atomic E-state index is 11.9. The fraction of sp³-hybridized carbons (Fsp3) is 0.296. The van der Waals surface area contributed by atoms with Gasteiger partial charge in [-0.25, -0.2) is 0 Å². The maximum atomic E-state index is 11.9. The molecule has 0 heterocycles. The van der Waals surface area contributed by atoms with Gasteiger partial charge in [-0.1, -0.05) is 91.0 Å². The Hall–Kier alpha value is -2.71. The largest absolute Gasteiger partial charge is 0.361 e. The van der Waals surface area contributed by atoms with Crippen LogP contribution in [0.15, 0.2) is 91.0 Å². The number of ether oxygens (including phenoxy) is 1. The molecule has 0 amide bonds. The molecule has 3 aromatic rings. The number of hydrogen-bond acceptors (Lipinski definition) is 2. The predicted octanol–water partition coefficient (Wildman–Crippen LogP) is 5.75. The Bertz CT molecular complexity index is 884. The van der Waals surface area contributed by atoms with Crippen molar-refractivity contribution in [3.63, 3.8) is 0 Å². The third kappa shape index (κ3) is 3.22. The van der Waals surface area contributed by atoms with Crippen molar-refractivity contribution in [1.82, 2.24) is 0 Å². The van der Waals surface area contributed by atoms with Crippen LogP contribution in [0.2, 0.25) is 0 Å². The van der Waals surface area contributed by atoms with Crippen LogP contribution in [-0.2, 0) is 15.1 Å². The van der Waals surface area contributed by atoms with E-state index < -0.39 is 5.60 Å². The van der Waals surface area contributed by atoms with Crippen LogP contribution in [0.4, 0.5) is 0 Å². The van der Waals surface area contributed by atoms with E-state index in [9.17, 15) is 4.79 Å². The summed E-state index contributed by atoms with van der Waals surface area (Å²) in [5.74, 6) is 1.03. The minimum atomic E-state index is -0.659. The first-order valence-corrected chi connectivity index (χ1v) is 10.6. The van der Waals surface area contributed by atoms with E-state index in [1.54, 1.807) is 0 Å². The lowest BCUT2D eigenvalue weighted by molar-refractivity contribution is -0.118. The highest BCUT2D eigenvalue weighted by atomic mass is 16.5. The number of ketones is 1. The molecule has 2 nitrogen and oxygen atoms in total. The summed E-state index contributed by atoms with van der Waals surface area (Å²) in [4.78, 5) is 11.9. The lowest BCUT2D eigenvalue weighted by Gasteiger charge is -2.36. The van der Waals surface area contributed by atoms with Crippen LogP contribution in [0.25, 0.3) is 0 Å². The molecule has 146 valence electrons. The summed E-state index contributed by atoms with van der Waals surface area (Å²) in [6.45, 7) is 0.641. The van der Waals surface area contributed by atoms with Crippen molar-refractivity contribution in [3.05, 3.63) is 108 Å². The third-order valence-corrected chi connectivity index (χ3v) is 6.84. The molecule has 0 aliphatic heterocycles. The van der Waals surface area contributed by atoms with Crippen LogP contribution in [-0.4, -0.2) is 12.4 Å². The average molecular weight is 383 g/mol. The van der Waals surface area contributed by atoms with Gasteiger partial charge < -0.3 is 4.74 Å². The van der Waals surface area contributed by atoms with Gasteiger partial charge >= 0.3 is 0 Å². The summed E-state index contributed by atoms with van der Waals surface area (Å²) in [5, 5.41) is 0. The van der Waals surface area contributed by atoms with Crippen molar-refractivity contribution in [2.24, 2.45) is 11.3 Å². The summed E-state index contributed by atoms with van der Waals surface area (Å²) < 4.78 is 6.87. The number of benzene rings is 3. The molecule has 0 bridgehead atoms. The maximum Gasteiger partial charge on any atom is 0.143 e. The van der Waals surface area contributed by atoms with Crippen LogP contribution in [0.3, 0.4) is 0 Å². The van der Waals surface area contributed by atoms with E-state index in [2.05, 4.69) is 72.8 Å². The van der Waals surface area contributed by atoms with Crippen LogP contribution >= 0.6 is 0 Å². The van der Waals surface area contributed by atoms with E-state index in [4.69, 9.17) is 4.74 Å². The zero-order valence-corrected chi connectivity index (χ0v) is 16.6. The van der Waals surface area contributed by atoms with E-state index in [0.29, 0.717) is 18.3 Å². The van der Waals surface area contributed by atoms with Gasteiger partial charge in [0.15, 0.2) is 0 Å². The molecule has 2 aliphatic carbocycles. The Morgan fingerprint density at radius 3 is 1.69 bits per heavy atom. The molecule has 2 fully saturated rings. The third-order valence-electron chi connectivity index (χ3n) is 6.84. The summed E-state index contributed by atoms with van der Waals surface area (Å²) in [6.07, 6.45) is 3.67. The van der Waals surface area contributed by atoms with Crippen LogP contribution in [0, 0.1) is 11.3 Å². The second-order valence-electron chi connectivity index (χ2n) is 8.56. The van der Waals surface area contributed by atoms with Gasteiger partial charge in [0.05, 0.1) is 0 Å². The van der Waals surface area contributed by atoms with Crippen LogP contribution < -0.4 is 0 Å². The van der Waals surface area contributed by atoms with Crippen LogP contribution in [0.1, 0.15) is 42.4 Å². The lowest BCUT2D eigenvalue weighted by Crippen LogP contribution is -2.33. The molecule has 2 saturated carbocycles. The first-order chi connectivity index (χ1) is 14.2. The number of carbonyl (C=O) groups is 1. The van der Waals surface area contributed by atoms with Crippen molar-refractivity contribution in [3.8, 4) is 0 Å². The zero-order valence-electron chi connectivity index (χ0n) is 16.6. The number of rotatable bonds is 7. The van der Waals surface area contributed by atoms with E-state index in [1.807, 2.05) is 18.2 Å². The summed E-state index contributed by atoms with van der Waals surface area (Å²) in [7, 11) is 0. The fourth-order valence-corrected chi connectivity index (χ4v) is 5.25.